The molecule has 1 heterocycles. The number of aromatic nitrogens is 1. The number of methoxy groups -OCH3 is 2. The van der Waals surface area contributed by atoms with Crippen molar-refractivity contribution in [3.63, 3.8) is 0 Å². The fourth-order valence-corrected chi connectivity index (χ4v) is 1.65. The van der Waals surface area contributed by atoms with Gasteiger partial charge in [0.1, 0.15) is 11.5 Å². The first-order chi connectivity index (χ1) is 9.65. The molecule has 0 aliphatic heterocycles. The first-order valence-electron chi connectivity index (χ1n) is 5.83. The van der Waals surface area contributed by atoms with Gasteiger partial charge in [0.05, 0.1) is 19.8 Å². The molecule has 0 aliphatic carbocycles. The average molecular weight is 274 g/mol. The molecule has 2 N–H and O–H groups in total. The number of pyridine rings is 1. The minimum atomic E-state index is -0.432. The molecule has 20 heavy (non-hydrogen) atoms. The lowest BCUT2D eigenvalue weighted by atomic mass is 10.1. The summed E-state index contributed by atoms with van der Waals surface area (Å²) in [7, 11) is 2.99. The Morgan fingerprint density at radius 1 is 1.25 bits per heavy atom. The van der Waals surface area contributed by atoms with Crippen LogP contribution in [0.15, 0.2) is 36.5 Å². The summed E-state index contributed by atoms with van der Waals surface area (Å²) in [6.07, 6.45) is 1.47. The maximum atomic E-state index is 12.2. The van der Waals surface area contributed by atoms with Crippen LogP contribution in [-0.2, 0) is 0 Å². The molecule has 0 spiro atoms. The zero-order valence-corrected chi connectivity index (χ0v) is 11.1. The van der Waals surface area contributed by atoms with Crippen molar-refractivity contribution in [3.8, 4) is 17.2 Å². The zero-order valence-electron chi connectivity index (χ0n) is 11.1. The summed E-state index contributed by atoms with van der Waals surface area (Å²) in [6, 6.07) is 7.84. The quantitative estimate of drug-likeness (QED) is 0.892. The molecule has 0 bridgehead atoms. The first kappa shape index (κ1) is 13.7. The van der Waals surface area contributed by atoms with Crippen LogP contribution in [0.5, 0.6) is 17.2 Å². The molecule has 0 saturated heterocycles. The first-order valence-corrected chi connectivity index (χ1v) is 5.83. The van der Waals surface area contributed by atoms with Crippen molar-refractivity contribution in [2.45, 2.75) is 0 Å². The van der Waals surface area contributed by atoms with E-state index in [-0.39, 0.29) is 11.6 Å². The number of anilines is 1. The highest BCUT2D eigenvalue weighted by atomic mass is 16.5. The Bertz CT molecular complexity index is 628. The lowest BCUT2D eigenvalue weighted by Crippen LogP contribution is -2.14. The van der Waals surface area contributed by atoms with Gasteiger partial charge in [0.15, 0.2) is 11.6 Å². The fourth-order valence-electron chi connectivity index (χ4n) is 1.65. The number of hydrogen-bond donors (Lipinski definition) is 2. The van der Waals surface area contributed by atoms with Gasteiger partial charge in [-0.1, -0.05) is 0 Å². The molecule has 104 valence electrons. The van der Waals surface area contributed by atoms with E-state index in [1.54, 1.807) is 24.3 Å². The van der Waals surface area contributed by atoms with E-state index in [4.69, 9.17) is 9.47 Å². The van der Waals surface area contributed by atoms with Crippen LogP contribution >= 0.6 is 0 Å². The lowest BCUT2D eigenvalue weighted by Gasteiger charge is -2.10. The van der Waals surface area contributed by atoms with E-state index in [1.807, 2.05) is 0 Å². The van der Waals surface area contributed by atoms with Crippen LogP contribution in [0.1, 0.15) is 10.4 Å². The van der Waals surface area contributed by atoms with Crippen LogP contribution in [0.3, 0.4) is 0 Å². The van der Waals surface area contributed by atoms with Crippen LogP contribution in [0.4, 0.5) is 5.82 Å². The highest BCUT2D eigenvalue weighted by molar-refractivity contribution is 6.06. The molecule has 1 aromatic carbocycles. The fraction of sp³-hybridized carbons (Fsp3) is 0.143. The van der Waals surface area contributed by atoms with Crippen LogP contribution in [-0.4, -0.2) is 30.2 Å². The molecule has 0 atom stereocenters. The largest absolute Gasteiger partial charge is 0.504 e. The second-order valence-corrected chi connectivity index (χ2v) is 3.89. The number of ether oxygens (including phenoxy) is 2. The van der Waals surface area contributed by atoms with E-state index in [1.165, 1.54) is 26.5 Å². The minimum Gasteiger partial charge on any atom is -0.504 e. The number of aromatic hydroxyl groups is 1. The molecule has 1 amide bonds. The van der Waals surface area contributed by atoms with Gasteiger partial charge in [-0.2, -0.15) is 0 Å². The van der Waals surface area contributed by atoms with Crippen LogP contribution in [0.25, 0.3) is 0 Å². The number of carbonyl (C=O) groups is 1. The number of benzene rings is 1. The second-order valence-electron chi connectivity index (χ2n) is 3.89. The second kappa shape index (κ2) is 5.92. The molecule has 2 aromatic rings. The van der Waals surface area contributed by atoms with Crippen molar-refractivity contribution in [1.29, 1.82) is 0 Å². The molecular formula is C14H14N2O4. The van der Waals surface area contributed by atoms with Gasteiger partial charge >= 0.3 is 0 Å². The van der Waals surface area contributed by atoms with Crippen molar-refractivity contribution < 1.29 is 19.4 Å². The summed E-state index contributed by atoms with van der Waals surface area (Å²) in [4.78, 5) is 16.0. The average Bonchev–Trinajstić information content (AvgIpc) is 2.48. The van der Waals surface area contributed by atoms with Crippen molar-refractivity contribution in [3.05, 3.63) is 42.1 Å². The molecule has 0 saturated carbocycles. The Morgan fingerprint density at radius 3 is 2.70 bits per heavy atom. The molecule has 0 unspecified atom stereocenters. The predicted molar refractivity (Wildman–Crippen MR) is 73.4 cm³/mol. The Hall–Kier alpha value is -2.76. The van der Waals surface area contributed by atoms with Crippen LogP contribution in [0, 0.1) is 0 Å². The molecular weight excluding hydrogens is 260 g/mol. The topological polar surface area (TPSA) is 80.7 Å². The van der Waals surface area contributed by atoms with Crippen LogP contribution in [0.2, 0.25) is 0 Å². The summed E-state index contributed by atoms with van der Waals surface area (Å²) in [5.74, 6) is 0.513. The number of carbonyl (C=O) groups excluding carboxylic acids is 1. The number of rotatable bonds is 4. The zero-order chi connectivity index (χ0) is 14.5. The SMILES string of the molecule is COc1ccc(C(=O)Nc2ncccc2O)c(OC)c1. The molecule has 6 heteroatoms. The Morgan fingerprint density at radius 2 is 2.05 bits per heavy atom. The van der Waals surface area contributed by atoms with E-state index in [2.05, 4.69) is 10.3 Å². The van der Waals surface area contributed by atoms with Gasteiger partial charge in [-0.3, -0.25) is 4.79 Å². The number of amides is 1. The van der Waals surface area contributed by atoms with Crippen molar-refractivity contribution in [1.82, 2.24) is 4.98 Å². The van der Waals surface area contributed by atoms with Gasteiger partial charge < -0.3 is 19.9 Å². The smallest absolute Gasteiger partial charge is 0.260 e. The molecule has 2 rings (SSSR count). The maximum Gasteiger partial charge on any atom is 0.260 e. The number of hydrogen-bond acceptors (Lipinski definition) is 5. The van der Waals surface area contributed by atoms with Gasteiger partial charge in [-0.05, 0) is 24.3 Å². The molecule has 6 nitrogen and oxygen atoms in total. The third-order valence-electron chi connectivity index (χ3n) is 2.67. The van der Waals surface area contributed by atoms with E-state index < -0.39 is 5.91 Å². The molecule has 0 radical (unpaired) electrons. The summed E-state index contributed by atoms with van der Waals surface area (Å²) in [5, 5.41) is 12.1. The highest BCUT2D eigenvalue weighted by Gasteiger charge is 2.15. The Labute approximate surface area is 116 Å². The standard InChI is InChI=1S/C14H14N2O4/c1-19-9-5-6-10(12(8-9)20-2)14(18)16-13-11(17)4-3-7-15-13/h3-8,17H,1-2H3,(H,15,16,18). The molecule has 0 fully saturated rings. The lowest BCUT2D eigenvalue weighted by molar-refractivity contribution is 0.102. The van der Waals surface area contributed by atoms with Crippen molar-refractivity contribution >= 4 is 11.7 Å². The Kier molecular flexibility index (Phi) is 4.05. The van der Waals surface area contributed by atoms with Crippen LogP contribution < -0.4 is 14.8 Å². The maximum absolute atomic E-state index is 12.2. The Balaban J connectivity index is 2.27. The van der Waals surface area contributed by atoms with Gasteiger partial charge in [-0.25, -0.2) is 4.98 Å². The van der Waals surface area contributed by atoms with Gasteiger partial charge in [0, 0.05) is 12.3 Å². The van der Waals surface area contributed by atoms with Crippen molar-refractivity contribution in [2.24, 2.45) is 0 Å². The summed E-state index contributed by atoms with van der Waals surface area (Å²) >= 11 is 0. The van der Waals surface area contributed by atoms with E-state index in [9.17, 15) is 9.90 Å². The summed E-state index contributed by atoms with van der Waals surface area (Å²) in [6.45, 7) is 0. The third-order valence-corrected chi connectivity index (χ3v) is 2.67. The van der Waals surface area contributed by atoms with Crippen molar-refractivity contribution in [2.75, 3.05) is 19.5 Å². The number of nitrogens with one attached hydrogen (secondary N) is 1. The van der Waals surface area contributed by atoms with E-state index >= 15 is 0 Å². The molecule has 1 aromatic heterocycles. The summed E-state index contributed by atoms with van der Waals surface area (Å²) < 4.78 is 10.2. The monoisotopic (exact) mass is 274 g/mol. The van der Waals surface area contributed by atoms with E-state index in [0.29, 0.717) is 17.1 Å². The third kappa shape index (κ3) is 2.80. The van der Waals surface area contributed by atoms with Gasteiger partial charge in [0.2, 0.25) is 0 Å². The highest BCUT2D eigenvalue weighted by Crippen LogP contribution is 2.26. The van der Waals surface area contributed by atoms with E-state index in [0.717, 1.165) is 0 Å². The minimum absolute atomic E-state index is 0.0929. The predicted octanol–water partition coefficient (Wildman–Crippen LogP) is 2.06. The summed E-state index contributed by atoms with van der Waals surface area (Å²) in [5.41, 5.74) is 0.318. The number of nitrogens with zero attached hydrogens (tertiary/aromatic N) is 1. The van der Waals surface area contributed by atoms with Gasteiger partial charge in [0.25, 0.3) is 5.91 Å². The molecule has 0 aliphatic rings. The normalized spacial score (nSPS) is 9.90. The van der Waals surface area contributed by atoms with Gasteiger partial charge in [-0.15, -0.1) is 0 Å².